The van der Waals surface area contributed by atoms with Gasteiger partial charge in [-0.15, -0.1) is 0 Å². The molecule has 0 aromatic heterocycles. The number of aliphatic hydroxyl groups is 1. The van der Waals surface area contributed by atoms with Crippen molar-refractivity contribution in [1.82, 2.24) is 0 Å². The highest BCUT2D eigenvalue weighted by Crippen LogP contribution is 2.24. The number of hydrogen-bond acceptors (Lipinski definition) is 1. The van der Waals surface area contributed by atoms with Crippen LogP contribution in [0.5, 0.6) is 0 Å². The average Bonchev–Trinajstić information content (AvgIpc) is 1.96. The molecule has 0 aliphatic rings. The van der Waals surface area contributed by atoms with Crippen LogP contribution in [-0.4, -0.2) is 5.11 Å². The van der Waals surface area contributed by atoms with Gasteiger partial charge in [0.2, 0.25) is 0 Å². The smallest absolute Gasteiger partial charge is 0.139 e. The van der Waals surface area contributed by atoms with Crippen molar-refractivity contribution in [2.45, 2.75) is 6.61 Å². The fourth-order valence-corrected chi connectivity index (χ4v) is 1.31. The Morgan fingerprint density at radius 3 is 2.73 bits per heavy atom. The number of aliphatic hydroxyl groups excluding tert-OH is 1. The molecule has 1 aromatic rings. The summed E-state index contributed by atoms with van der Waals surface area (Å²) in [6, 6.07) is 2.69. The van der Waals surface area contributed by atoms with E-state index in [1.165, 1.54) is 12.1 Å². The Morgan fingerprint density at radius 1 is 1.55 bits per heavy atom. The summed E-state index contributed by atoms with van der Waals surface area (Å²) >= 11 is 8.51. The minimum Gasteiger partial charge on any atom is -0.392 e. The molecule has 1 rings (SSSR count). The SMILES string of the molecule is OCc1cc(Cl)cc(F)c1Br. The molecular weight excluding hydrogens is 234 g/mol. The fourth-order valence-electron chi connectivity index (χ4n) is 0.724. The predicted molar refractivity (Wildman–Crippen MR) is 45.0 cm³/mol. The summed E-state index contributed by atoms with van der Waals surface area (Å²) in [6.07, 6.45) is 0. The summed E-state index contributed by atoms with van der Waals surface area (Å²) in [5.74, 6) is -0.457. The topological polar surface area (TPSA) is 20.2 Å². The van der Waals surface area contributed by atoms with Gasteiger partial charge in [-0.1, -0.05) is 11.6 Å². The first-order valence-electron chi connectivity index (χ1n) is 2.89. The van der Waals surface area contributed by atoms with Gasteiger partial charge < -0.3 is 5.11 Å². The van der Waals surface area contributed by atoms with Crippen LogP contribution in [-0.2, 0) is 6.61 Å². The molecule has 0 amide bonds. The standard InChI is InChI=1S/C7H5BrClFO/c8-7-4(3-11)1-5(9)2-6(7)10/h1-2,11H,3H2. The van der Waals surface area contributed by atoms with Gasteiger partial charge in [0, 0.05) is 5.02 Å². The van der Waals surface area contributed by atoms with Crippen molar-refractivity contribution in [3.63, 3.8) is 0 Å². The predicted octanol–water partition coefficient (Wildman–Crippen LogP) is 2.73. The Hall–Kier alpha value is -0.120. The van der Waals surface area contributed by atoms with E-state index in [0.717, 1.165) is 0 Å². The van der Waals surface area contributed by atoms with Crippen molar-refractivity contribution in [2.75, 3.05) is 0 Å². The summed E-state index contributed by atoms with van der Waals surface area (Å²) in [4.78, 5) is 0. The zero-order valence-corrected chi connectivity index (χ0v) is 7.78. The lowest BCUT2D eigenvalue weighted by Gasteiger charge is -2.01. The Kier molecular flexibility index (Phi) is 2.87. The zero-order valence-electron chi connectivity index (χ0n) is 5.44. The highest BCUT2D eigenvalue weighted by molar-refractivity contribution is 9.10. The van der Waals surface area contributed by atoms with Gasteiger partial charge >= 0.3 is 0 Å². The van der Waals surface area contributed by atoms with Crippen LogP contribution in [0.2, 0.25) is 5.02 Å². The second kappa shape index (κ2) is 3.52. The number of rotatable bonds is 1. The van der Waals surface area contributed by atoms with Crippen molar-refractivity contribution in [1.29, 1.82) is 0 Å². The molecule has 60 valence electrons. The first kappa shape index (κ1) is 8.97. The van der Waals surface area contributed by atoms with E-state index in [0.29, 0.717) is 5.56 Å². The highest BCUT2D eigenvalue weighted by Gasteiger charge is 2.05. The van der Waals surface area contributed by atoms with Gasteiger partial charge in [0.1, 0.15) is 5.82 Å². The normalized spacial score (nSPS) is 10.2. The van der Waals surface area contributed by atoms with E-state index in [-0.39, 0.29) is 16.1 Å². The minimum atomic E-state index is -0.457. The van der Waals surface area contributed by atoms with E-state index >= 15 is 0 Å². The lowest BCUT2D eigenvalue weighted by molar-refractivity contribution is 0.280. The largest absolute Gasteiger partial charge is 0.392 e. The van der Waals surface area contributed by atoms with Crippen LogP contribution in [0, 0.1) is 5.82 Å². The van der Waals surface area contributed by atoms with Crippen LogP contribution in [0.4, 0.5) is 4.39 Å². The Morgan fingerprint density at radius 2 is 2.18 bits per heavy atom. The van der Waals surface area contributed by atoms with Crippen LogP contribution in [0.1, 0.15) is 5.56 Å². The molecule has 0 saturated heterocycles. The van der Waals surface area contributed by atoms with E-state index in [2.05, 4.69) is 15.9 Å². The molecule has 0 bridgehead atoms. The molecule has 0 fully saturated rings. The van der Waals surface area contributed by atoms with Crippen LogP contribution < -0.4 is 0 Å². The summed E-state index contributed by atoms with van der Waals surface area (Å²) in [5.41, 5.74) is 0.454. The van der Waals surface area contributed by atoms with E-state index in [1.54, 1.807) is 0 Å². The molecule has 4 heteroatoms. The molecule has 0 heterocycles. The first-order chi connectivity index (χ1) is 5.15. The average molecular weight is 239 g/mol. The number of benzene rings is 1. The lowest BCUT2D eigenvalue weighted by atomic mass is 10.2. The lowest BCUT2D eigenvalue weighted by Crippen LogP contribution is -1.88. The van der Waals surface area contributed by atoms with Gasteiger partial charge in [0.15, 0.2) is 0 Å². The number of halogens is 3. The third-order valence-electron chi connectivity index (χ3n) is 1.24. The fraction of sp³-hybridized carbons (Fsp3) is 0.143. The quantitative estimate of drug-likeness (QED) is 0.747. The maximum absolute atomic E-state index is 12.8. The maximum Gasteiger partial charge on any atom is 0.139 e. The van der Waals surface area contributed by atoms with Crippen LogP contribution in [0.25, 0.3) is 0 Å². The van der Waals surface area contributed by atoms with Crippen LogP contribution in [0.3, 0.4) is 0 Å². The molecule has 11 heavy (non-hydrogen) atoms. The monoisotopic (exact) mass is 238 g/mol. The van der Waals surface area contributed by atoms with Crippen molar-refractivity contribution in [2.24, 2.45) is 0 Å². The van der Waals surface area contributed by atoms with Gasteiger partial charge in [-0.25, -0.2) is 4.39 Å². The van der Waals surface area contributed by atoms with E-state index in [1.807, 2.05) is 0 Å². The summed E-state index contributed by atoms with van der Waals surface area (Å²) < 4.78 is 13.1. The van der Waals surface area contributed by atoms with Crippen molar-refractivity contribution in [3.8, 4) is 0 Å². The second-order valence-corrected chi connectivity index (χ2v) is 3.25. The molecule has 1 N–H and O–H groups in total. The molecule has 0 aliphatic heterocycles. The van der Waals surface area contributed by atoms with Gasteiger partial charge in [0.05, 0.1) is 11.1 Å². The van der Waals surface area contributed by atoms with E-state index < -0.39 is 5.82 Å². The van der Waals surface area contributed by atoms with Crippen molar-refractivity contribution >= 4 is 27.5 Å². The van der Waals surface area contributed by atoms with Gasteiger partial charge in [-0.3, -0.25) is 0 Å². The highest BCUT2D eigenvalue weighted by atomic mass is 79.9. The Bertz CT molecular complexity index is 277. The van der Waals surface area contributed by atoms with E-state index in [9.17, 15) is 4.39 Å². The molecule has 1 aromatic carbocycles. The Labute approximate surface area is 76.9 Å². The third-order valence-corrected chi connectivity index (χ3v) is 2.34. The molecule has 0 radical (unpaired) electrons. The van der Waals surface area contributed by atoms with Gasteiger partial charge in [-0.05, 0) is 33.6 Å². The summed E-state index contributed by atoms with van der Waals surface area (Å²) in [7, 11) is 0. The molecule has 0 unspecified atom stereocenters. The zero-order chi connectivity index (χ0) is 8.43. The first-order valence-corrected chi connectivity index (χ1v) is 4.06. The molecular formula is C7H5BrClFO. The second-order valence-electron chi connectivity index (χ2n) is 2.02. The molecule has 1 nitrogen and oxygen atoms in total. The molecule has 0 atom stereocenters. The van der Waals surface area contributed by atoms with Gasteiger partial charge in [-0.2, -0.15) is 0 Å². The van der Waals surface area contributed by atoms with Crippen LogP contribution >= 0.6 is 27.5 Å². The van der Waals surface area contributed by atoms with Crippen LogP contribution in [0.15, 0.2) is 16.6 Å². The Balaban J connectivity index is 3.24. The third kappa shape index (κ3) is 1.92. The summed E-state index contributed by atoms with van der Waals surface area (Å²) in [6.45, 7) is -0.224. The van der Waals surface area contributed by atoms with E-state index in [4.69, 9.17) is 16.7 Å². The van der Waals surface area contributed by atoms with Crippen molar-refractivity contribution in [3.05, 3.63) is 33.0 Å². The summed E-state index contributed by atoms with van der Waals surface area (Å²) in [5, 5.41) is 9.00. The minimum absolute atomic E-state index is 0.224. The molecule has 0 saturated carbocycles. The number of hydrogen-bond donors (Lipinski definition) is 1. The molecule has 0 aliphatic carbocycles. The maximum atomic E-state index is 12.8. The molecule has 0 spiro atoms. The van der Waals surface area contributed by atoms with Crippen molar-refractivity contribution < 1.29 is 9.50 Å². The van der Waals surface area contributed by atoms with Gasteiger partial charge in [0.25, 0.3) is 0 Å².